The van der Waals surface area contributed by atoms with Gasteiger partial charge in [-0.15, -0.1) is 0 Å². The number of carbonyl (C=O) groups is 1. The van der Waals surface area contributed by atoms with Crippen LogP contribution in [0.25, 0.3) is 0 Å². The lowest BCUT2D eigenvalue weighted by molar-refractivity contribution is 0.262. The van der Waals surface area contributed by atoms with E-state index < -0.39 is 17.7 Å². The van der Waals surface area contributed by atoms with Gasteiger partial charge >= 0.3 is 6.03 Å². The highest BCUT2D eigenvalue weighted by Gasteiger charge is 2.08. The highest BCUT2D eigenvalue weighted by molar-refractivity contribution is 6.42. The Balaban J connectivity index is 2.07. The normalized spacial score (nSPS) is 10.2. The molecule has 2 rings (SSSR count). The number of carbonyl (C=O) groups excluding carboxylic acids is 1. The lowest BCUT2D eigenvalue weighted by atomic mass is 10.3. The number of hydrogen-bond acceptors (Lipinski definition) is 1. The van der Waals surface area contributed by atoms with Crippen LogP contribution in [0.15, 0.2) is 36.4 Å². The van der Waals surface area contributed by atoms with Gasteiger partial charge in [0, 0.05) is 11.8 Å². The highest BCUT2D eigenvalue weighted by atomic mass is 35.5. The van der Waals surface area contributed by atoms with Gasteiger partial charge in [-0.05, 0) is 30.3 Å². The molecule has 3 nitrogen and oxygen atoms in total. The van der Waals surface area contributed by atoms with E-state index in [2.05, 4.69) is 10.6 Å². The van der Waals surface area contributed by atoms with E-state index in [0.29, 0.717) is 16.8 Å². The maximum Gasteiger partial charge on any atom is 0.323 e. The van der Waals surface area contributed by atoms with Gasteiger partial charge in [-0.25, -0.2) is 13.6 Å². The van der Waals surface area contributed by atoms with Crippen LogP contribution < -0.4 is 10.6 Å². The Hall–Kier alpha value is -1.85. The minimum atomic E-state index is -0.866. The van der Waals surface area contributed by atoms with Crippen LogP contribution in [0.2, 0.25) is 10.0 Å². The molecule has 2 aromatic carbocycles. The summed E-state index contributed by atoms with van der Waals surface area (Å²) in [6.45, 7) is 0. The quantitative estimate of drug-likeness (QED) is 0.811. The number of nitrogens with one attached hydrogen (secondary N) is 2. The van der Waals surface area contributed by atoms with Gasteiger partial charge in [0.1, 0.15) is 11.6 Å². The van der Waals surface area contributed by atoms with Crippen molar-refractivity contribution in [2.75, 3.05) is 10.6 Å². The van der Waals surface area contributed by atoms with Crippen LogP contribution >= 0.6 is 23.2 Å². The molecule has 0 aromatic heterocycles. The first-order valence-corrected chi connectivity index (χ1v) is 6.19. The monoisotopic (exact) mass is 316 g/mol. The van der Waals surface area contributed by atoms with E-state index in [1.807, 2.05) is 0 Å². The summed E-state index contributed by atoms with van der Waals surface area (Å²) in [5, 5.41) is 5.32. The largest absolute Gasteiger partial charge is 0.323 e. The van der Waals surface area contributed by atoms with Crippen LogP contribution in [0, 0.1) is 11.6 Å². The molecule has 0 aliphatic rings. The van der Waals surface area contributed by atoms with Gasteiger partial charge < -0.3 is 10.6 Å². The molecule has 0 radical (unpaired) electrons. The van der Waals surface area contributed by atoms with Gasteiger partial charge in [0.15, 0.2) is 0 Å². The lowest BCUT2D eigenvalue weighted by Gasteiger charge is -2.09. The Morgan fingerprint density at radius 3 is 2.35 bits per heavy atom. The smallest absolute Gasteiger partial charge is 0.308 e. The summed E-state index contributed by atoms with van der Waals surface area (Å²) in [5.74, 6) is -1.59. The molecule has 0 atom stereocenters. The van der Waals surface area contributed by atoms with E-state index in [4.69, 9.17) is 23.2 Å². The molecule has 0 spiro atoms. The van der Waals surface area contributed by atoms with Crippen LogP contribution in [-0.4, -0.2) is 6.03 Å². The number of halogens is 4. The van der Waals surface area contributed by atoms with Crippen molar-refractivity contribution >= 4 is 40.6 Å². The first-order valence-electron chi connectivity index (χ1n) is 5.44. The first-order chi connectivity index (χ1) is 9.45. The number of rotatable bonds is 2. The van der Waals surface area contributed by atoms with Crippen molar-refractivity contribution in [3.05, 3.63) is 58.1 Å². The predicted molar refractivity (Wildman–Crippen MR) is 75.5 cm³/mol. The molecule has 0 fully saturated rings. The predicted octanol–water partition coefficient (Wildman–Crippen LogP) is 4.92. The van der Waals surface area contributed by atoms with Gasteiger partial charge in [-0.1, -0.05) is 23.2 Å². The third kappa shape index (κ3) is 3.59. The number of anilines is 2. The average molecular weight is 317 g/mol. The fraction of sp³-hybridized carbons (Fsp3) is 0. The van der Waals surface area contributed by atoms with Crippen LogP contribution in [0.4, 0.5) is 25.0 Å². The number of amides is 2. The molecule has 0 bridgehead atoms. The van der Waals surface area contributed by atoms with Crippen molar-refractivity contribution in [3.8, 4) is 0 Å². The number of benzene rings is 2. The minimum absolute atomic E-state index is 0.135. The van der Waals surface area contributed by atoms with Crippen LogP contribution in [0.3, 0.4) is 0 Å². The maximum atomic E-state index is 13.3. The van der Waals surface area contributed by atoms with E-state index in [9.17, 15) is 13.6 Å². The van der Waals surface area contributed by atoms with Crippen LogP contribution in [-0.2, 0) is 0 Å². The maximum absolute atomic E-state index is 13.3. The molecule has 0 saturated heterocycles. The third-order valence-electron chi connectivity index (χ3n) is 2.36. The van der Waals surface area contributed by atoms with Crippen molar-refractivity contribution in [2.45, 2.75) is 0 Å². The zero-order valence-corrected chi connectivity index (χ0v) is 11.4. The second kappa shape index (κ2) is 6.07. The van der Waals surface area contributed by atoms with E-state index in [1.54, 1.807) is 0 Å². The fourth-order valence-corrected chi connectivity index (χ4v) is 1.75. The van der Waals surface area contributed by atoms with Gasteiger partial charge in [0.2, 0.25) is 0 Å². The third-order valence-corrected chi connectivity index (χ3v) is 3.10. The highest BCUT2D eigenvalue weighted by Crippen LogP contribution is 2.25. The molecule has 2 N–H and O–H groups in total. The van der Waals surface area contributed by atoms with Gasteiger partial charge in [-0.3, -0.25) is 0 Å². The van der Waals surface area contributed by atoms with Gasteiger partial charge in [0.05, 0.1) is 15.7 Å². The molecule has 2 aromatic rings. The second-order valence-corrected chi connectivity index (χ2v) is 4.65. The number of urea groups is 1. The Morgan fingerprint density at radius 2 is 1.70 bits per heavy atom. The SMILES string of the molecule is O=C(Nc1ccc(Cl)c(Cl)c1)Nc1ccc(F)cc1F. The van der Waals surface area contributed by atoms with E-state index in [0.717, 1.165) is 12.1 Å². The fourth-order valence-electron chi connectivity index (χ4n) is 1.45. The first kappa shape index (κ1) is 14.6. The van der Waals surface area contributed by atoms with Gasteiger partial charge in [-0.2, -0.15) is 0 Å². The van der Waals surface area contributed by atoms with E-state index in [-0.39, 0.29) is 10.7 Å². The summed E-state index contributed by atoms with van der Waals surface area (Å²) in [6.07, 6.45) is 0. The molecular formula is C13H8Cl2F2N2O. The van der Waals surface area contributed by atoms with E-state index >= 15 is 0 Å². The molecule has 104 valence electrons. The standard InChI is InChI=1S/C13H8Cl2F2N2O/c14-9-3-2-8(6-10(9)15)18-13(20)19-12-4-1-7(16)5-11(12)17/h1-6H,(H2,18,19,20). The molecular weight excluding hydrogens is 309 g/mol. The molecule has 20 heavy (non-hydrogen) atoms. The van der Waals surface area contributed by atoms with Crippen molar-refractivity contribution in [3.63, 3.8) is 0 Å². The second-order valence-electron chi connectivity index (χ2n) is 3.83. The summed E-state index contributed by atoms with van der Waals surface area (Å²) >= 11 is 11.5. The summed E-state index contributed by atoms with van der Waals surface area (Å²) in [5.41, 5.74) is 0.253. The summed E-state index contributed by atoms with van der Waals surface area (Å²) in [4.78, 5) is 11.7. The molecule has 0 heterocycles. The Bertz CT molecular complexity index is 665. The molecule has 0 saturated carbocycles. The summed E-state index contributed by atoms with van der Waals surface area (Å²) in [6, 6.07) is 6.65. The molecule has 7 heteroatoms. The Kier molecular flexibility index (Phi) is 4.42. The zero-order valence-electron chi connectivity index (χ0n) is 9.88. The van der Waals surface area contributed by atoms with Crippen LogP contribution in [0.5, 0.6) is 0 Å². The minimum Gasteiger partial charge on any atom is -0.308 e. The van der Waals surface area contributed by atoms with Crippen molar-refractivity contribution in [1.29, 1.82) is 0 Å². The average Bonchev–Trinajstić information content (AvgIpc) is 2.37. The molecule has 0 aliphatic heterocycles. The lowest BCUT2D eigenvalue weighted by Crippen LogP contribution is -2.20. The topological polar surface area (TPSA) is 41.1 Å². The van der Waals surface area contributed by atoms with E-state index in [1.165, 1.54) is 18.2 Å². The van der Waals surface area contributed by atoms with Gasteiger partial charge in [0.25, 0.3) is 0 Å². The summed E-state index contributed by atoms with van der Waals surface area (Å²) in [7, 11) is 0. The molecule has 0 aliphatic carbocycles. The molecule has 0 unspecified atom stereocenters. The zero-order chi connectivity index (χ0) is 14.7. The van der Waals surface area contributed by atoms with Crippen molar-refractivity contribution < 1.29 is 13.6 Å². The van der Waals surface area contributed by atoms with Crippen molar-refractivity contribution in [2.24, 2.45) is 0 Å². The Morgan fingerprint density at radius 1 is 0.950 bits per heavy atom. The van der Waals surface area contributed by atoms with Crippen LogP contribution in [0.1, 0.15) is 0 Å². The number of hydrogen-bond donors (Lipinski definition) is 2. The summed E-state index contributed by atoms with van der Waals surface area (Å²) < 4.78 is 26.1. The Labute approximate surface area is 123 Å². The molecule has 2 amide bonds. The van der Waals surface area contributed by atoms with Crippen molar-refractivity contribution in [1.82, 2.24) is 0 Å².